The van der Waals surface area contributed by atoms with E-state index in [-0.39, 0.29) is 31.0 Å². The van der Waals surface area contributed by atoms with E-state index >= 15 is 0 Å². The largest absolute Gasteiger partial charge is 0.481 e. The maximum absolute atomic E-state index is 12.0. The summed E-state index contributed by atoms with van der Waals surface area (Å²) in [7, 11) is 0. The lowest BCUT2D eigenvalue weighted by Crippen LogP contribution is -2.32. The van der Waals surface area contributed by atoms with Gasteiger partial charge in [0.15, 0.2) is 0 Å². The van der Waals surface area contributed by atoms with Gasteiger partial charge in [-0.25, -0.2) is 0 Å². The number of aryl methyl sites for hydroxylation is 1. The van der Waals surface area contributed by atoms with Gasteiger partial charge in [-0.1, -0.05) is 12.1 Å². The van der Waals surface area contributed by atoms with E-state index in [9.17, 15) is 18.4 Å². The molecule has 122 valence electrons. The van der Waals surface area contributed by atoms with Crippen molar-refractivity contribution < 1.29 is 28.2 Å². The summed E-state index contributed by atoms with van der Waals surface area (Å²) in [5.41, 5.74) is 0.823. The molecule has 0 atom stereocenters. The lowest BCUT2D eigenvalue weighted by Gasteiger charge is -2.20. The molecule has 0 fully saturated rings. The third-order valence-corrected chi connectivity index (χ3v) is 3.11. The number of carbonyl (C=O) groups excluding carboxylic acids is 1. The third kappa shape index (κ3) is 6.51. The van der Waals surface area contributed by atoms with Gasteiger partial charge in [-0.05, 0) is 31.0 Å². The number of carboxylic acids is 1. The molecule has 22 heavy (non-hydrogen) atoms. The lowest BCUT2D eigenvalue weighted by atomic mass is 10.1. The van der Waals surface area contributed by atoms with Gasteiger partial charge in [0.1, 0.15) is 5.75 Å². The standard InChI is InChI=1S/C15H19F2NO4/c1-2-18(10-9-14(20)21)13(19)8-5-11-3-6-12(7-4-11)22-15(16)17/h3-4,6-7,15H,2,5,8-10H2,1H3,(H,20,21). The highest BCUT2D eigenvalue weighted by atomic mass is 19.3. The monoisotopic (exact) mass is 315 g/mol. The van der Waals surface area contributed by atoms with Crippen LogP contribution < -0.4 is 4.74 Å². The zero-order valence-corrected chi connectivity index (χ0v) is 12.3. The van der Waals surface area contributed by atoms with Crippen LogP contribution in [0.3, 0.4) is 0 Å². The summed E-state index contributed by atoms with van der Waals surface area (Å²) in [5.74, 6) is -1.00. The van der Waals surface area contributed by atoms with Crippen LogP contribution in [0, 0.1) is 0 Å². The average Bonchev–Trinajstić information content (AvgIpc) is 2.46. The number of benzene rings is 1. The number of carboxylic acid groups (broad SMARTS) is 1. The zero-order valence-electron chi connectivity index (χ0n) is 12.3. The minimum absolute atomic E-state index is 0.0710. The highest BCUT2D eigenvalue weighted by Gasteiger charge is 2.13. The number of ether oxygens (including phenoxy) is 1. The SMILES string of the molecule is CCN(CCC(=O)O)C(=O)CCc1ccc(OC(F)F)cc1. The fourth-order valence-electron chi connectivity index (χ4n) is 1.94. The van der Waals surface area contributed by atoms with Crippen molar-refractivity contribution in [2.24, 2.45) is 0 Å². The molecule has 0 saturated carbocycles. The Hall–Kier alpha value is -2.18. The minimum Gasteiger partial charge on any atom is -0.481 e. The van der Waals surface area contributed by atoms with E-state index in [0.717, 1.165) is 5.56 Å². The van der Waals surface area contributed by atoms with Crippen LogP contribution in [-0.4, -0.2) is 41.6 Å². The third-order valence-electron chi connectivity index (χ3n) is 3.11. The molecule has 0 aliphatic rings. The number of amides is 1. The first-order valence-corrected chi connectivity index (χ1v) is 6.95. The van der Waals surface area contributed by atoms with Gasteiger partial charge in [-0.3, -0.25) is 9.59 Å². The van der Waals surface area contributed by atoms with Crippen molar-refractivity contribution in [1.82, 2.24) is 4.90 Å². The molecule has 0 radical (unpaired) electrons. The molecule has 0 aromatic heterocycles. The van der Waals surface area contributed by atoms with Crippen LogP contribution in [0.15, 0.2) is 24.3 Å². The number of nitrogens with zero attached hydrogens (tertiary/aromatic N) is 1. The van der Waals surface area contributed by atoms with E-state index in [1.165, 1.54) is 17.0 Å². The topological polar surface area (TPSA) is 66.8 Å². The molecule has 1 aromatic carbocycles. The van der Waals surface area contributed by atoms with Crippen LogP contribution in [0.4, 0.5) is 8.78 Å². The first kappa shape index (κ1) is 17.9. The molecule has 1 amide bonds. The Morgan fingerprint density at radius 3 is 2.36 bits per heavy atom. The van der Waals surface area contributed by atoms with Crippen LogP contribution in [0.5, 0.6) is 5.75 Å². The molecule has 0 unspecified atom stereocenters. The molecular weight excluding hydrogens is 296 g/mol. The number of hydrogen-bond acceptors (Lipinski definition) is 3. The van der Waals surface area contributed by atoms with Gasteiger partial charge in [0, 0.05) is 19.5 Å². The molecule has 0 spiro atoms. The first-order valence-electron chi connectivity index (χ1n) is 6.95. The fraction of sp³-hybridized carbons (Fsp3) is 0.467. The molecular formula is C15H19F2NO4. The van der Waals surface area contributed by atoms with Gasteiger partial charge in [-0.15, -0.1) is 0 Å². The minimum atomic E-state index is -2.86. The zero-order chi connectivity index (χ0) is 16.5. The van der Waals surface area contributed by atoms with Crippen molar-refractivity contribution in [1.29, 1.82) is 0 Å². The lowest BCUT2D eigenvalue weighted by molar-refractivity contribution is -0.138. The van der Waals surface area contributed by atoms with Crippen molar-refractivity contribution in [3.05, 3.63) is 29.8 Å². The van der Waals surface area contributed by atoms with Crippen LogP contribution >= 0.6 is 0 Å². The van der Waals surface area contributed by atoms with Crippen molar-refractivity contribution in [3.63, 3.8) is 0 Å². The van der Waals surface area contributed by atoms with Gasteiger partial charge in [-0.2, -0.15) is 8.78 Å². The van der Waals surface area contributed by atoms with Crippen LogP contribution in [0.1, 0.15) is 25.3 Å². The van der Waals surface area contributed by atoms with Crippen LogP contribution in [0.25, 0.3) is 0 Å². The summed E-state index contributed by atoms with van der Waals surface area (Å²) in [4.78, 5) is 24.0. The average molecular weight is 315 g/mol. The van der Waals surface area contributed by atoms with Gasteiger partial charge in [0.25, 0.3) is 0 Å². The Morgan fingerprint density at radius 1 is 1.23 bits per heavy atom. The number of hydrogen-bond donors (Lipinski definition) is 1. The van der Waals surface area contributed by atoms with E-state index in [4.69, 9.17) is 5.11 Å². The number of halogens is 2. The Morgan fingerprint density at radius 2 is 1.86 bits per heavy atom. The number of alkyl halides is 2. The van der Waals surface area contributed by atoms with Gasteiger partial charge in [0.05, 0.1) is 6.42 Å². The van der Waals surface area contributed by atoms with Crippen LogP contribution in [0.2, 0.25) is 0 Å². The van der Waals surface area contributed by atoms with Crippen molar-refractivity contribution in [2.45, 2.75) is 32.8 Å². The maximum atomic E-state index is 12.0. The molecule has 5 nitrogen and oxygen atoms in total. The summed E-state index contributed by atoms with van der Waals surface area (Å²) >= 11 is 0. The smallest absolute Gasteiger partial charge is 0.387 e. The molecule has 1 aromatic rings. The number of carbonyl (C=O) groups is 2. The van der Waals surface area contributed by atoms with Crippen molar-refractivity contribution >= 4 is 11.9 Å². The van der Waals surface area contributed by atoms with Crippen molar-refractivity contribution in [2.75, 3.05) is 13.1 Å². The van der Waals surface area contributed by atoms with E-state index in [1.807, 2.05) is 0 Å². The van der Waals surface area contributed by atoms with E-state index in [0.29, 0.717) is 13.0 Å². The Labute approximate surface area is 127 Å². The molecule has 1 rings (SSSR count). The maximum Gasteiger partial charge on any atom is 0.387 e. The van der Waals surface area contributed by atoms with Gasteiger partial charge in [0.2, 0.25) is 5.91 Å². The van der Waals surface area contributed by atoms with Crippen LogP contribution in [-0.2, 0) is 16.0 Å². The second-order valence-electron chi connectivity index (χ2n) is 4.64. The molecule has 0 saturated heterocycles. The normalized spacial score (nSPS) is 10.5. The van der Waals surface area contributed by atoms with E-state index in [1.54, 1.807) is 19.1 Å². The number of aliphatic carboxylic acids is 1. The molecule has 1 N–H and O–H groups in total. The second kappa shape index (κ2) is 8.96. The quantitative estimate of drug-likeness (QED) is 0.760. The highest BCUT2D eigenvalue weighted by Crippen LogP contribution is 2.16. The summed E-state index contributed by atoms with van der Waals surface area (Å²) in [6.07, 6.45) is 0.610. The summed E-state index contributed by atoms with van der Waals surface area (Å²) < 4.78 is 28.3. The summed E-state index contributed by atoms with van der Waals surface area (Å²) in [5, 5.41) is 8.63. The Kier molecular flexibility index (Phi) is 7.28. The Balaban J connectivity index is 2.46. The summed E-state index contributed by atoms with van der Waals surface area (Å²) in [6, 6.07) is 6.10. The molecule has 0 heterocycles. The molecule has 0 aliphatic heterocycles. The Bertz CT molecular complexity index is 491. The summed E-state index contributed by atoms with van der Waals surface area (Å²) in [6.45, 7) is -0.435. The molecule has 7 heteroatoms. The van der Waals surface area contributed by atoms with E-state index in [2.05, 4.69) is 4.74 Å². The van der Waals surface area contributed by atoms with E-state index < -0.39 is 12.6 Å². The van der Waals surface area contributed by atoms with Gasteiger partial charge < -0.3 is 14.7 Å². The first-order chi connectivity index (χ1) is 10.4. The predicted molar refractivity (Wildman–Crippen MR) is 75.9 cm³/mol. The highest BCUT2D eigenvalue weighted by molar-refractivity contribution is 5.77. The van der Waals surface area contributed by atoms with Gasteiger partial charge >= 0.3 is 12.6 Å². The predicted octanol–water partition coefficient (Wildman–Crippen LogP) is 2.54. The number of rotatable bonds is 9. The second-order valence-corrected chi connectivity index (χ2v) is 4.64. The molecule has 0 aliphatic carbocycles. The van der Waals surface area contributed by atoms with Crippen molar-refractivity contribution in [3.8, 4) is 5.75 Å². The molecule has 0 bridgehead atoms. The fourth-order valence-corrected chi connectivity index (χ4v) is 1.94.